The summed E-state index contributed by atoms with van der Waals surface area (Å²) in [6.07, 6.45) is 1.13. The van der Waals surface area contributed by atoms with Crippen LogP contribution < -0.4 is 5.32 Å². The van der Waals surface area contributed by atoms with Crippen LogP contribution in [0.4, 0.5) is 5.13 Å². The zero-order valence-corrected chi connectivity index (χ0v) is 14.1. The van der Waals surface area contributed by atoms with Crippen molar-refractivity contribution in [3.05, 3.63) is 35.2 Å². The Bertz CT molecular complexity index is 723. The minimum atomic E-state index is -0.444. The van der Waals surface area contributed by atoms with E-state index in [1.165, 1.54) is 0 Å². The van der Waals surface area contributed by atoms with E-state index in [0.29, 0.717) is 28.7 Å². The molecule has 2 aromatic rings. The van der Waals surface area contributed by atoms with Crippen molar-refractivity contribution in [1.82, 2.24) is 4.98 Å². The van der Waals surface area contributed by atoms with E-state index in [0.717, 1.165) is 23.3 Å². The molecular formula is C17H18N2O4S. The minimum absolute atomic E-state index is 0.226. The van der Waals surface area contributed by atoms with Crippen molar-refractivity contribution in [3.8, 4) is 11.3 Å². The number of hydrogen-bond donors (Lipinski definition) is 1. The standard InChI is InChI=1S/C17H18N2O4S/c1-2-22-16(21)14-13(11-7-4-3-5-8-11)18-17(24-14)19-15(20)12-9-6-10-23-12/h3-5,7-8,12H,2,6,9-10H2,1H3,(H,18,19,20). The van der Waals surface area contributed by atoms with Crippen molar-refractivity contribution in [1.29, 1.82) is 0 Å². The number of nitrogens with one attached hydrogen (secondary N) is 1. The maximum Gasteiger partial charge on any atom is 0.350 e. The first-order valence-electron chi connectivity index (χ1n) is 7.85. The molecule has 1 saturated heterocycles. The molecule has 1 fully saturated rings. The van der Waals surface area contributed by atoms with Crippen LogP contribution in [0.3, 0.4) is 0 Å². The second-order valence-electron chi connectivity index (χ2n) is 5.27. The van der Waals surface area contributed by atoms with Crippen LogP contribution in [-0.4, -0.2) is 36.2 Å². The molecule has 0 spiro atoms. The fourth-order valence-corrected chi connectivity index (χ4v) is 3.35. The molecule has 1 aromatic heterocycles. The molecule has 126 valence electrons. The van der Waals surface area contributed by atoms with E-state index in [2.05, 4.69) is 10.3 Å². The van der Waals surface area contributed by atoms with Crippen LogP contribution in [0.15, 0.2) is 30.3 Å². The number of amides is 1. The molecule has 0 bridgehead atoms. The number of benzene rings is 1. The first-order valence-corrected chi connectivity index (χ1v) is 8.66. The van der Waals surface area contributed by atoms with Crippen LogP contribution in [-0.2, 0) is 14.3 Å². The van der Waals surface area contributed by atoms with Gasteiger partial charge in [-0.25, -0.2) is 9.78 Å². The highest BCUT2D eigenvalue weighted by molar-refractivity contribution is 7.18. The van der Waals surface area contributed by atoms with Gasteiger partial charge in [0.25, 0.3) is 5.91 Å². The van der Waals surface area contributed by atoms with E-state index in [9.17, 15) is 9.59 Å². The fraction of sp³-hybridized carbons (Fsp3) is 0.353. The van der Waals surface area contributed by atoms with Gasteiger partial charge in [0.05, 0.1) is 12.3 Å². The Morgan fingerprint density at radius 1 is 1.38 bits per heavy atom. The lowest BCUT2D eigenvalue weighted by atomic mass is 10.1. The highest BCUT2D eigenvalue weighted by atomic mass is 32.1. The summed E-state index contributed by atoms with van der Waals surface area (Å²) in [6, 6.07) is 9.36. The van der Waals surface area contributed by atoms with E-state index >= 15 is 0 Å². The zero-order valence-electron chi connectivity index (χ0n) is 13.3. The lowest BCUT2D eigenvalue weighted by Gasteiger charge is -2.07. The van der Waals surface area contributed by atoms with Gasteiger partial charge in [-0.15, -0.1) is 0 Å². The summed E-state index contributed by atoms with van der Waals surface area (Å²) < 4.78 is 10.5. The summed E-state index contributed by atoms with van der Waals surface area (Å²) in [4.78, 5) is 29.2. The number of nitrogens with zero attached hydrogens (tertiary/aromatic N) is 1. The Kier molecular flexibility index (Phi) is 5.22. The molecule has 24 heavy (non-hydrogen) atoms. The quantitative estimate of drug-likeness (QED) is 0.842. The van der Waals surface area contributed by atoms with Gasteiger partial charge in [-0.2, -0.15) is 0 Å². The SMILES string of the molecule is CCOC(=O)c1sc(NC(=O)C2CCCO2)nc1-c1ccccc1. The molecule has 7 heteroatoms. The van der Waals surface area contributed by atoms with Crippen LogP contribution in [0.2, 0.25) is 0 Å². The second-order valence-corrected chi connectivity index (χ2v) is 6.27. The third-order valence-electron chi connectivity index (χ3n) is 3.59. The van der Waals surface area contributed by atoms with E-state index in [1.807, 2.05) is 30.3 Å². The first-order chi connectivity index (χ1) is 11.7. The van der Waals surface area contributed by atoms with E-state index in [1.54, 1.807) is 6.92 Å². The molecule has 6 nitrogen and oxygen atoms in total. The predicted octanol–water partition coefficient (Wildman–Crippen LogP) is 3.10. The van der Waals surface area contributed by atoms with Crippen LogP contribution >= 0.6 is 11.3 Å². The molecule has 1 aromatic carbocycles. The Hall–Kier alpha value is -2.25. The monoisotopic (exact) mass is 346 g/mol. The predicted molar refractivity (Wildman–Crippen MR) is 91.1 cm³/mol. The zero-order chi connectivity index (χ0) is 16.9. The minimum Gasteiger partial charge on any atom is -0.462 e. The topological polar surface area (TPSA) is 77.5 Å². The first kappa shape index (κ1) is 16.6. The van der Waals surface area contributed by atoms with Crippen molar-refractivity contribution >= 4 is 28.3 Å². The average Bonchev–Trinajstić information content (AvgIpc) is 3.26. The second kappa shape index (κ2) is 7.55. The Labute approximate surface area is 143 Å². The molecule has 1 amide bonds. The number of rotatable bonds is 5. The molecular weight excluding hydrogens is 328 g/mol. The van der Waals surface area contributed by atoms with Crippen LogP contribution in [0.5, 0.6) is 0 Å². The number of carbonyl (C=O) groups is 2. The average molecular weight is 346 g/mol. The molecule has 1 aliphatic rings. The Balaban J connectivity index is 1.88. The third kappa shape index (κ3) is 3.63. The van der Waals surface area contributed by atoms with Crippen LogP contribution in [0.1, 0.15) is 29.4 Å². The molecule has 2 heterocycles. The summed E-state index contributed by atoms with van der Waals surface area (Å²) in [7, 11) is 0. The molecule has 0 radical (unpaired) electrons. The summed E-state index contributed by atoms with van der Waals surface area (Å²) in [6.45, 7) is 2.63. The van der Waals surface area contributed by atoms with Gasteiger partial charge in [0.1, 0.15) is 11.0 Å². The van der Waals surface area contributed by atoms with Gasteiger partial charge in [-0.3, -0.25) is 10.1 Å². The van der Waals surface area contributed by atoms with Crippen molar-refractivity contribution < 1.29 is 19.1 Å². The number of anilines is 1. The van der Waals surface area contributed by atoms with Gasteiger partial charge in [-0.1, -0.05) is 41.7 Å². The maximum absolute atomic E-state index is 12.2. The van der Waals surface area contributed by atoms with Gasteiger partial charge in [0, 0.05) is 12.2 Å². The van der Waals surface area contributed by atoms with Gasteiger partial charge in [0.2, 0.25) is 0 Å². The summed E-state index contributed by atoms with van der Waals surface area (Å²) >= 11 is 1.12. The number of thiazole rings is 1. The normalized spacial score (nSPS) is 16.8. The Morgan fingerprint density at radius 2 is 2.17 bits per heavy atom. The molecule has 1 atom stereocenters. The lowest BCUT2D eigenvalue weighted by molar-refractivity contribution is -0.124. The molecule has 0 saturated carbocycles. The summed E-state index contributed by atoms with van der Waals surface area (Å²) in [5, 5.41) is 3.12. The number of hydrogen-bond acceptors (Lipinski definition) is 6. The van der Waals surface area contributed by atoms with Crippen molar-refractivity contribution in [2.75, 3.05) is 18.5 Å². The van der Waals surface area contributed by atoms with Crippen LogP contribution in [0, 0.1) is 0 Å². The highest BCUT2D eigenvalue weighted by Gasteiger charge is 2.26. The van der Waals surface area contributed by atoms with Crippen molar-refractivity contribution in [3.63, 3.8) is 0 Å². The fourth-order valence-electron chi connectivity index (χ4n) is 2.47. The molecule has 1 unspecified atom stereocenters. The molecule has 3 rings (SSSR count). The maximum atomic E-state index is 12.2. The van der Waals surface area contributed by atoms with Crippen LogP contribution in [0.25, 0.3) is 11.3 Å². The summed E-state index contributed by atoms with van der Waals surface area (Å²) in [5.74, 6) is -0.664. The largest absolute Gasteiger partial charge is 0.462 e. The third-order valence-corrected chi connectivity index (χ3v) is 4.54. The van der Waals surface area contributed by atoms with E-state index in [-0.39, 0.29) is 12.5 Å². The van der Waals surface area contributed by atoms with E-state index in [4.69, 9.17) is 9.47 Å². The van der Waals surface area contributed by atoms with E-state index < -0.39 is 12.1 Å². The smallest absolute Gasteiger partial charge is 0.350 e. The molecule has 1 aliphatic heterocycles. The number of aromatic nitrogens is 1. The Morgan fingerprint density at radius 3 is 2.83 bits per heavy atom. The molecule has 1 N–H and O–H groups in total. The van der Waals surface area contributed by atoms with Gasteiger partial charge >= 0.3 is 5.97 Å². The molecule has 0 aliphatic carbocycles. The number of carbonyl (C=O) groups excluding carboxylic acids is 2. The van der Waals surface area contributed by atoms with Gasteiger partial charge in [0.15, 0.2) is 5.13 Å². The summed E-state index contributed by atoms with van der Waals surface area (Å²) in [5.41, 5.74) is 1.32. The highest BCUT2D eigenvalue weighted by Crippen LogP contribution is 2.32. The van der Waals surface area contributed by atoms with Gasteiger partial charge < -0.3 is 9.47 Å². The lowest BCUT2D eigenvalue weighted by Crippen LogP contribution is -2.26. The number of ether oxygens (including phenoxy) is 2. The number of esters is 1. The van der Waals surface area contributed by atoms with Crippen molar-refractivity contribution in [2.24, 2.45) is 0 Å². The van der Waals surface area contributed by atoms with Crippen molar-refractivity contribution in [2.45, 2.75) is 25.9 Å². The van der Waals surface area contributed by atoms with Gasteiger partial charge in [-0.05, 0) is 19.8 Å².